The van der Waals surface area contributed by atoms with Gasteiger partial charge < -0.3 is 5.11 Å². The minimum atomic E-state index is -0.380. The molecule has 0 aromatic heterocycles. The molecule has 1 aliphatic carbocycles. The molecule has 1 aliphatic rings. The van der Waals surface area contributed by atoms with E-state index in [1.54, 1.807) is 24.3 Å². The molecule has 0 heterocycles. The Morgan fingerprint density at radius 2 is 1.89 bits per heavy atom. The number of phenolic OH excluding ortho intramolecular Hbond substituents is 1. The predicted octanol–water partition coefficient (Wildman–Crippen LogP) is 3.33. The van der Waals surface area contributed by atoms with Crippen LogP contribution in [0.2, 0.25) is 0 Å². The van der Waals surface area contributed by atoms with Crippen LogP contribution in [0.1, 0.15) is 22.3 Å². The van der Waals surface area contributed by atoms with Crippen molar-refractivity contribution in [1.82, 2.24) is 0 Å². The first-order valence-electron chi connectivity index (χ1n) is 5.81. The molecule has 0 fully saturated rings. The number of benzene rings is 2. The molecule has 90 valence electrons. The molecule has 3 heteroatoms. The second-order valence-corrected chi connectivity index (χ2v) is 4.43. The van der Waals surface area contributed by atoms with E-state index >= 15 is 0 Å². The summed E-state index contributed by atoms with van der Waals surface area (Å²) in [6.07, 6.45) is 1.15. The van der Waals surface area contributed by atoms with Crippen molar-refractivity contribution in [3.05, 3.63) is 53.3 Å². The molecule has 2 aromatic rings. The van der Waals surface area contributed by atoms with Gasteiger partial charge in [0.25, 0.3) is 0 Å². The topological polar surface area (TPSA) is 37.3 Å². The van der Waals surface area contributed by atoms with E-state index in [0.717, 1.165) is 5.56 Å². The van der Waals surface area contributed by atoms with Crippen LogP contribution in [0.5, 0.6) is 5.75 Å². The molecule has 3 rings (SSSR count). The van der Waals surface area contributed by atoms with E-state index in [1.807, 2.05) is 0 Å². The highest BCUT2D eigenvalue weighted by Gasteiger charge is 2.25. The fourth-order valence-electron chi connectivity index (χ4n) is 2.47. The largest absolute Gasteiger partial charge is 0.507 e. The average molecular weight is 242 g/mol. The van der Waals surface area contributed by atoms with E-state index in [4.69, 9.17) is 0 Å². The first-order chi connectivity index (χ1) is 8.66. The zero-order valence-electron chi connectivity index (χ0n) is 9.61. The van der Waals surface area contributed by atoms with Gasteiger partial charge in [0.15, 0.2) is 5.78 Å². The second-order valence-electron chi connectivity index (χ2n) is 4.43. The third-order valence-electron chi connectivity index (χ3n) is 3.28. The van der Waals surface area contributed by atoms with Crippen molar-refractivity contribution in [2.24, 2.45) is 0 Å². The Morgan fingerprint density at radius 1 is 1.06 bits per heavy atom. The molecule has 0 bridgehead atoms. The van der Waals surface area contributed by atoms with Crippen molar-refractivity contribution in [3.8, 4) is 16.9 Å². The van der Waals surface area contributed by atoms with Crippen LogP contribution in [0, 0.1) is 5.82 Å². The van der Waals surface area contributed by atoms with Crippen molar-refractivity contribution < 1.29 is 14.3 Å². The first-order valence-corrected chi connectivity index (χ1v) is 5.81. The maximum Gasteiger partial charge on any atom is 0.164 e. The molecular weight excluding hydrogens is 231 g/mol. The molecule has 0 spiro atoms. The number of Topliss-reactive ketones (excluding diaryl/α,β-unsaturated/α-hetero) is 1. The number of aromatic hydroxyl groups is 1. The Labute approximate surface area is 104 Å². The fourth-order valence-corrected chi connectivity index (χ4v) is 2.47. The third-order valence-corrected chi connectivity index (χ3v) is 3.28. The zero-order chi connectivity index (χ0) is 12.7. The zero-order valence-corrected chi connectivity index (χ0v) is 9.61. The maximum atomic E-state index is 13.3. The summed E-state index contributed by atoms with van der Waals surface area (Å²) in [6, 6.07) is 9.27. The van der Waals surface area contributed by atoms with Crippen molar-refractivity contribution in [2.45, 2.75) is 12.8 Å². The lowest BCUT2D eigenvalue weighted by molar-refractivity contribution is 0.0995. The highest BCUT2D eigenvalue weighted by molar-refractivity contribution is 6.07. The number of rotatable bonds is 1. The van der Waals surface area contributed by atoms with Crippen molar-refractivity contribution in [1.29, 1.82) is 0 Å². The Bertz CT molecular complexity index is 647. The molecule has 0 atom stereocenters. The van der Waals surface area contributed by atoms with Gasteiger partial charge in [-0.3, -0.25) is 4.79 Å². The fraction of sp³-hybridized carbons (Fsp3) is 0.133. The number of carbonyl (C=O) groups is 1. The Morgan fingerprint density at radius 3 is 2.67 bits per heavy atom. The van der Waals surface area contributed by atoms with Crippen molar-refractivity contribution in [2.75, 3.05) is 0 Å². The van der Waals surface area contributed by atoms with Crippen LogP contribution in [-0.2, 0) is 6.42 Å². The van der Waals surface area contributed by atoms with Crippen LogP contribution < -0.4 is 0 Å². The monoisotopic (exact) mass is 242 g/mol. The SMILES string of the molecule is O=C1CCc2ccc(O)c(-c3cccc(F)c3)c21. The summed E-state index contributed by atoms with van der Waals surface area (Å²) < 4.78 is 13.3. The van der Waals surface area contributed by atoms with E-state index < -0.39 is 0 Å². The van der Waals surface area contributed by atoms with Crippen LogP contribution in [0.25, 0.3) is 11.1 Å². The molecule has 0 radical (unpaired) electrons. The second kappa shape index (κ2) is 3.95. The van der Waals surface area contributed by atoms with Gasteiger partial charge in [-0.25, -0.2) is 4.39 Å². The normalized spacial score (nSPS) is 13.7. The average Bonchev–Trinajstić information content (AvgIpc) is 2.71. The van der Waals surface area contributed by atoms with Gasteiger partial charge in [-0.05, 0) is 35.7 Å². The number of phenols is 1. The van der Waals surface area contributed by atoms with Gasteiger partial charge in [-0.2, -0.15) is 0 Å². The molecule has 1 N–H and O–H groups in total. The minimum Gasteiger partial charge on any atom is -0.507 e. The lowest BCUT2D eigenvalue weighted by atomic mass is 9.95. The van der Waals surface area contributed by atoms with Gasteiger partial charge in [0.1, 0.15) is 11.6 Å². The van der Waals surface area contributed by atoms with Gasteiger partial charge in [0.05, 0.1) is 0 Å². The lowest BCUT2D eigenvalue weighted by Gasteiger charge is -2.10. The van der Waals surface area contributed by atoms with Crippen LogP contribution in [0.4, 0.5) is 4.39 Å². The number of fused-ring (bicyclic) bond motifs is 1. The number of halogens is 1. The summed E-state index contributed by atoms with van der Waals surface area (Å²) in [7, 11) is 0. The van der Waals surface area contributed by atoms with E-state index in [-0.39, 0.29) is 17.3 Å². The highest BCUT2D eigenvalue weighted by atomic mass is 19.1. The number of hydrogen-bond donors (Lipinski definition) is 1. The molecule has 0 unspecified atom stereocenters. The van der Waals surface area contributed by atoms with Gasteiger partial charge in [0.2, 0.25) is 0 Å². The van der Waals surface area contributed by atoms with Crippen LogP contribution in [-0.4, -0.2) is 10.9 Å². The number of ketones is 1. The number of carbonyl (C=O) groups excluding carboxylic acids is 1. The number of aryl methyl sites for hydroxylation is 1. The van der Waals surface area contributed by atoms with E-state index in [9.17, 15) is 14.3 Å². The molecule has 18 heavy (non-hydrogen) atoms. The smallest absolute Gasteiger partial charge is 0.164 e. The molecule has 2 aromatic carbocycles. The summed E-state index contributed by atoms with van der Waals surface area (Å²) in [5, 5.41) is 9.96. The highest BCUT2D eigenvalue weighted by Crippen LogP contribution is 2.38. The van der Waals surface area contributed by atoms with Gasteiger partial charge in [0, 0.05) is 17.5 Å². The molecule has 0 aliphatic heterocycles. The summed E-state index contributed by atoms with van der Waals surface area (Å²) >= 11 is 0. The third kappa shape index (κ3) is 1.59. The lowest BCUT2D eigenvalue weighted by Crippen LogP contribution is -1.96. The van der Waals surface area contributed by atoms with Crippen molar-refractivity contribution >= 4 is 5.78 Å². The maximum absolute atomic E-state index is 13.3. The van der Waals surface area contributed by atoms with E-state index in [1.165, 1.54) is 12.1 Å². The van der Waals surface area contributed by atoms with Crippen LogP contribution in [0.3, 0.4) is 0 Å². The summed E-state index contributed by atoms with van der Waals surface area (Å²) in [4.78, 5) is 11.9. The Hall–Kier alpha value is -2.16. The number of hydrogen-bond acceptors (Lipinski definition) is 2. The Kier molecular flexibility index (Phi) is 2.40. The predicted molar refractivity (Wildman–Crippen MR) is 66.2 cm³/mol. The first kappa shape index (κ1) is 11.0. The Balaban J connectivity index is 2.30. The van der Waals surface area contributed by atoms with Crippen molar-refractivity contribution in [3.63, 3.8) is 0 Å². The summed E-state index contributed by atoms with van der Waals surface area (Å²) in [6.45, 7) is 0. The van der Waals surface area contributed by atoms with Gasteiger partial charge in [-0.1, -0.05) is 18.2 Å². The minimum absolute atomic E-state index is 0.0140. The van der Waals surface area contributed by atoms with Crippen LogP contribution >= 0.6 is 0 Å². The van der Waals surface area contributed by atoms with Gasteiger partial charge >= 0.3 is 0 Å². The quantitative estimate of drug-likeness (QED) is 0.832. The molecule has 0 saturated heterocycles. The van der Waals surface area contributed by atoms with Crippen LogP contribution in [0.15, 0.2) is 36.4 Å². The molecule has 0 amide bonds. The van der Waals surface area contributed by atoms with Gasteiger partial charge in [-0.15, -0.1) is 0 Å². The molecule has 2 nitrogen and oxygen atoms in total. The standard InChI is InChI=1S/C15H11FO2/c16-11-3-1-2-10(8-11)15-13(18)7-5-9-4-6-12(17)14(9)15/h1-3,5,7-8,18H,4,6H2. The summed E-state index contributed by atoms with van der Waals surface area (Å²) in [5.74, 6) is -0.343. The summed E-state index contributed by atoms with van der Waals surface area (Å²) in [5.41, 5.74) is 2.46. The van der Waals surface area contributed by atoms with E-state index in [0.29, 0.717) is 29.5 Å². The molecule has 0 saturated carbocycles. The molecular formula is C15H11FO2. The van der Waals surface area contributed by atoms with E-state index in [2.05, 4.69) is 0 Å².